The van der Waals surface area contributed by atoms with E-state index >= 15 is 0 Å². The van der Waals surface area contributed by atoms with Crippen molar-refractivity contribution in [2.75, 3.05) is 18.9 Å². The number of nitrogens with zero attached hydrogens (tertiary/aromatic N) is 1. The van der Waals surface area contributed by atoms with Crippen LogP contribution in [-0.2, 0) is 10.0 Å². The molecule has 9 nitrogen and oxygen atoms in total. The molecule has 3 rings (SSSR count). The van der Waals surface area contributed by atoms with E-state index in [-0.39, 0.29) is 38.3 Å². The first-order valence-corrected chi connectivity index (χ1v) is 11.6. The molecule has 1 heterocycles. The standard InChI is InChI=1S/C21H15F3N2O7S2/c1-31-15-7-3-12(9-17(15)33-21(22,23)24)4-8-18-25-19(11-34-18)35(29,30)26-14-6-5-13(20(27)28)10-16(14)32-2/h3,5-7,9-11,26H,1-2H3,(H,27,28). The van der Waals surface area contributed by atoms with Crippen molar-refractivity contribution in [1.82, 2.24) is 4.98 Å². The minimum absolute atomic E-state index is 0.00596. The zero-order valence-corrected chi connectivity index (χ0v) is 19.5. The molecule has 0 saturated heterocycles. The third-order valence-corrected chi connectivity index (χ3v) is 6.31. The molecule has 14 heteroatoms. The van der Waals surface area contributed by atoms with Crippen LogP contribution in [0.1, 0.15) is 20.9 Å². The molecule has 3 aromatic rings. The van der Waals surface area contributed by atoms with Crippen LogP contribution in [-0.4, -0.2) is 45.1 Å². The SMILES string of the molecule is COc1cc(C(=O)O)ccc1NS(=O)(=O)c1csc(C#Cc2ccc(OC)c(OC(F)(F)F)c2)n1. The lowest BCUT2D eigenvalue weighted by molar-refractivity contribution is -0.275. The van der Waals surface area contributed by atoms with Crippen molar-refractivity contribution in [1.29, 1.82) is 0 Å². The van der Waals surface area contributed by atoms with E-state index in [0.29, 0.717) is 0 Å². The molecule has 0 saturated carbocycles. The number of alkyl halides is 3. The van der Waals surface area contributed by atoms with E-state index in [4.69, 9.17) is 14.6 Å². The van der Waals surface area contributed by atoms with Crippen molar-refractivity contribution in [2.24, 2.45) is 0 Å². The lowest BCUT2D eigenvalue weighted by Gasteiger charge is -2.12. The van der Waals surface area contributed by atoms with Crippen LogP contribution in [0.4, 0.5) is 18.9 Å². The molecule has 184 valence electrons. The number of methoxy groups -OCH3 is 2. The second-order valence-corrected chi connectivity index (χ2v) is 8.97. The first-order valence-electron chi connectivity index (χ1n) is 9.27. The molecule has 0 spiro atoms. The highest BCUT2D eigenvalue weighted by molar-refractivity contribution is 7.92. The van der Waals surface area contributed by atoms with Crippen LogP contribution in [0, 0.1) is 11.8 Å². The number of rotatable bonds is 7. The summed E-state index contributed by atoms with van der Waals surface area (Å²) >= 11 is 0.896. The van der Waals surface area contributed by atoms with Gasteiger partial charge >= 0.3 is 12.3 Å². The highest BCUT2D eigenvalue weighted by atomic mass is 32.2. The topological polar surface area (TPSA) is 124 Å². The normalized spacial score (nSPS) is 11.2. The number of hydrogen-bond donors (Lipinski definition) is 2. The van der Waals surface area contributed by atoms with Crippen molar-refractivity contribution in [3.05, 3.63) is 57.9 Å². The first-order chi connectivity index (χ1) is 16.4. The molecule has 2 aromatic carbocycles. The van der Waals surface area contributed by atoms with E-state index in [0.717, 1.165) is 23.5 Å². The van der Waals surface area contributed by atoms with Crippen LogP contribution in [0.3, 0.4) is 0 Å². The number of aromatic carboxylic acids is 1. The van der Waals surface area contributed by atoms with Gasteiger partial charge in [-0.15, -0.1) is 24.5 Å². The van der Waals surface area contributed by atoms with Gasteiger partial charge in [0.2, 0.25) is 0 Å². The number of carboxylic acids is 1. The fourth-order valence-electron chi connectivity index (χ4n) is 2.63. The summed E-state index contributed by atoms with van der Waals surface area (Å²) in [6, 6.07) is 7.26. The Balaban J connectivity index is 1.83. The van der Waals surface area contributed by atoms with Gasteiger partial charge in [-0.1, -0.05) is 5.92 Å². The Morgan fingerprint density at radius 3 is 2.40 bits per heavy atom. The monoisotopic (exact) mass is 528 g/mol. The van der Waals surface area contributed by atoms with Crippen LogP contribution in [0.15, 0.2) is 46.8 Å². The molecule has 0 aliphatic rings. The van der Waals surface area contributed by atoms with Gasteiger partial charge in [0.15, 0.2) is 21.5 Å². The third-order valence-electron chi connectivity index (χ3n) is 4.15. The fraction of sp³-hybridized carbons (Fsp3) is 0.143. The van der Waals surface area contributed by atoms with Crippen LogP contribution >= 0.6 is 11.3 Å². The minimum atomic E-state index is -4.93. The second kappa shape index (κ2) is 10.1. The largest absolute Gasteiger partial charge is 0.573 e. The summed E-state index contributed by atoms with van der Waals surface area (Å²) in [5, 5.41) is 9.98. The summed E-state index contributed by atoms with van der Waals surface area (Å²) in [7, 11) is -1.75. The predicted octanol–water partition coefficient (Wildman–Crippen LogP) is 3.96. The Kier molecular flexibility index (Phi) is 7.42. The zero-order chi connectivity index (χ0) is 25.8. The quantitative estimate of drug-likeness (QED) is 0.442. The Bertz CT molecular complexity index is 1420. The van der Waals surface area contributed by atoms with E-state index in [9.17, 15) is 26.4 Å². The van der Waals surface area contributed by atoms with Gasteiger partial charge in [0.25, 0.3) is 10.0 Å². The summed E-state index contributed by atoms with van der Waals surface area (Å²) in [5.74, 6) is 3.22. The summed E-state index contributed by atoms with van der Waals surface area (Å²) in [6.45, 7) is 0. The van der Waals surface area contributed by atoms with Crippen LogP contribution in [0.25, 0.3) is 0 Å². The molecule has 35 heavy (non-hydrogen) atoms. The molecule has 0 aliphatic heterocycles. The van der Waals surface area contributed by atoms with Gasteiger partial charge in [0.05, 0.1) is 25.5 Å². The van der Waals surface area contributed by atoms with Gasteiger partial charge in [0, 0.05) is 17.0 Å². The van der Waals surface area contributed by atoms with Crippen molar-refractivity contribution in [2.45, 2.75) is 11.4 Å². The summed E-state index contributed by atoms with van der Waals surface area (Å²) < 4.78 is 79.3. The lowest BCUT2D eigenvalue weighted by atomic mass is 10.2. The number of carboxylic acid groups (broad SMARTS) is 1. The van der Waals surface area contributed by atoms with Gasteiger partial charge in [-0.3, -0.25) is 4.72 Å². The molecule has 0 aliphatic carbocycles. The number of aromatic nitrogens is 1. The van der Waals surface area contributed by atoms with Gasteiger partial charge in [-0.05, 0) is 36.3 Å². The van der Waals surface area contributed by atoms with Crippen molar-refractivity contribution < 1.29 is 45.7 Å². The number of sulfonamides is 1. The van der Waals surface area contributed by atoms with Crippen molar-refractivity contribution in [3.8, 4) is 29.1 Å². The average molecular weight is 528 g/mol. The summed E-state index contributed by atoms with van der Waals surface area (Å²) in [5.41, 5.74) is 0.0398. The van der Waals surface area contributed by atoms with Gasteiger partial charge in [-0.25, -0.2) is 9.78 Å². The summed E-state index contributed by atoms with van der Waals surface area (Å²) in [4.78, 5) is 15.0. The Labute approximate surface area is 201 Å². The highest BCUT2D eigenvalue weighted by Gasteiger charge is 2.32. The zero-order valence-electron chi connectivity index (χ0n) is 17.8. The van der Waals surface area contributed by atoms with Gasteiger partial charge in [-0.2, -0.15) is 8.42 Å². The predicted molar refractivity (Wildman–Crippen MR) is 119 cm³/mol. The molecule has 2 N–H and O–H groups in total. The van der Waals surface area contributed by atoms with E-state index in [1.807, 2.05) is 0 Å². The lowest BCUT2D eigenvalue weighted by Crippen LogP contribution is -2.17. The number of thiazole rings is 1. The van der Waals surface area contributed by atoms with E-state index in [1.165, 1.54) is 43.9 Å². The van der Waals surface area contributed by atoms with Crippen LogP contribution in [0.2, 0.25) is 0 Å². The number of anilines is 1. The number of halogens is 3. The molecule has 0 unspecified atom stereocenters. The van der Waals surface area contributed by atoms with Gasteiger partial charge < -0.3 is 19.3 Å². The molecule has 0 radical (unpaired) electrons. The highest BCUT2D eigenvalue weighted by Crippen LogP contribution is 2.33. The number of nitrogens with one attached hydrogen (secondary N) is 1. The maximum absolute atomic E-state index is 12.7. The second-order valence-electron chi connectivity index (χ2n) is 6.48. The molecule has 1 aromatic heterocycles. The molecular formula is C21H15F3N2O7S2. The molecular weight excluding hydrogens is 513 g/mol. The number of benzene rings is 2. The van der Waals surface area contributed by atoms with Crippen LogP contribution in [0.5, 0.6) is 17.2 Å². The molecule has 0 atom stereocenters. The number of hydrogen-bond acceptors (Lipinski definition) is 8. The Morgan fingerprint density at radius 1 is 1.06 bits per heavy atom. The van der Waals surface area contributed by atoms with Crippen molar-refractivity contribution in [3.63, 3.8) is 0 Å². The van der Waals surface area contributed by atoms with E-state index in [2.05, 4.69) is 26.3 Å². The van der Waals surface area contributed by atoms with E-state index < -0.39 is 28.1 Å². The van der Waals surface area contributed by atoms with Gasteiger partial charge in [0.1, 0.15) is 5.75 Å². The third kappa shape index (κ3) is 6.55. The first kappa shape index (κ1) is 25.7. The van der Waals surface area contributed by atoms with Crippen molar-refractivity contribution >= 4 is 33.0 Å². The Morgan fingerprint density at radius 2 is 1.77 bits per heavy atom. The number of carbonyl (C=O) groups is 1. The molecule has 0 fully saturated rings. The maximum atomic E-state index is 12.7. The minimum Gasteiger partial charge on any atom is -0.495 e. The maximum Gasteiger partial charge on any atom is 0.573 e. The van der Waals surface area contributed by atoms with E-state index in [1.54, 1.807) is 0 Å². The molecule has 0 amide bonds. The van der Waals surface area contributed by atoms with Crippen LogP contribution < -0.4 is 18.9 Å². The molecule has 0 bridgehead atoms. The smallest absolute Gasteiger partial charge is 0.495 e. The Hall–Kier alpha value is -3.96. The fourth-order valence-corrected chi connectivity index (χ4v) is 4.64. The average Bonchev–Trinajstić information content (AvgIpc) is 3.27. The summed E-state index contributed by atoms with van der Waals surface area (Å²) in [6.07, 6.45) is -4.93. The number of ether oxygens (including phenoxy) is 3.